The molecule has 0 aliphatic carbocycles. The number of unbranched alkanes of at least 4 members (excludes halogenated alkanes) is 4. The third-order valence-corrected chi connectivity index (χ3v) is 3.72. The maximum absolute atomic E-state index is 12.4. The molecule has 0 aliphatic rings. The second kappa shape index (κ2) is 13.4. The summed E-state index contributed by atoms with van der Waals surface area (Å²) in [5, 5.41) is 0. The molecule has 0 fully saturated rings. The minimum Gasteiger partial charge on any atom is -0.469 e. The summed E-state index contributed by atoms with van der Waals surface area (Å²) in [7, 11) is 2.76. The van der Waals surface area contributed by atoms with Gasteiger partial charge in [0.2, 0.25) is 0 Å². The van der Waals surface area contributed by atoms with Crippen LogP contribution in [0.3, 0.4) is 0 Å². The fourth-order valence-corrected chi connectivity index (χ4v) is 2.32. The molecule has 0 aromatic heterocycles. The second-order valence-corrected chi connectivity index (χ2v) is 7.24. The Labute approximate surface area is 157 Å². The van der Waals surface area contributed by atoms with E-state index in [9.17, 15) is 14.4 Å². The summed E-state index contributed by atoms with van der Waals surface area (Å²) in [5.74, 6) is -0.417. The number of amides is 1. The van der Waals surface area contributed by atoms with Crippen molar-refractivity contribution >= 4 is 18.0 Å². The van der Waals surface area contributed by atoms with E-state index in [0.717, 1.165) is 38.5 Å². The number of hydrogen-bond donors (Lipinski definition) is 0. The van der Waals surface area contributed by atoms with Crippen LogP contribution in [0.4, 0.5) is 4.79 Å². The number of carbonyl (C=O) groups excluding carboxylic acids is 3. The van der Waals surface area contributed by atoms with Gasteiger partial charge in [0.05, 0.1) is 14.2 Å². The Hall–Kier alpha value is -1.79. The van der Waals surface area contributed by atoms with Crippen molar-refractivity contribution in [2.24, 2.45) is 0 Å². The van der Waals surface area contributed by atoms with Gasteiger partial charge in [-0.05, 0) is 46.5 Å². The molecule has 1 amide bonds. The lowest BCUT2D eigenvalue weighted by Gasteiger charge is -2.27. The molecule has 0 aliphatic heterocycles. The van der Waals surface area contributed by atoms with Gasteiger partial charge in [0.25, 0.3) is 0 Å². The summed E-state index contributed by atoms with van der Waals surface area (Å²) >= 11 is 0. The third kappa shape index (κ3) is 13.5. The highest BCUT2D eigenvalue weighted by Gasteiger charge is 2.21. The van der Waals surface area contributed by atoms with Crippen LogP contribution in [-0.2, 0) is 23.8 Å². The largest absolute Gasteiger partial charge is 0.469 e. The highest BCUT2D eigenvalue weighted by atomic mass is 16.6. The van der Waals surface area contributed by atoms with Crippen molar-refractivity contribution in [1.29, 1.82) is 0 Å². The molecule has 0 aromatic carbocycles. The molecule has 0 spiro atoms. The SMILES string of the molecule is COC(=O)CCCCCN(CCCCCC(=O)OC)C(=O)OC(C)(C)C. The average molecular weight is 373 g/mol. The van der Waals surface area contributed by atoms with Crippen LogP contribution >= 0.6 is 0 Å². The topological polar surface area (TPSA) is 82.1 Å². The Morgan fingerprint density at radius 2 is 1.15 bits per heavy atom. The maximum Gasteiger partial charge on any atom is 0.410 e. The van der Waals surface area contributed by atoms with Gasteiger partial charge in [-0.3, -0.25) is 9.59 Å². The van der Waals surface area contributed by atoms with E-state index in [1.165, 1.54) is 14.2 Å². The van der Waals surface area contributed by atoms with Crippen LogP contribution < -0.4 is 0 Å². The summed E-state index contributed by atoms with van der Waals surface area (Å²) in [6, 6.07) is 0. The lowest BCUT2D eigenvalue weighted by molar-refractivity contribution is -0.141. The number of ether oxygens (including phenoxy) is 3. The van der Waals surface area contributed by atoms with E-state index < -0.39 is 5.60 Å². The van der Waals surface area contributed by atoms with Crippen LogP contribution in [0.5, 0.6) is 0 Å². The van der Waals surface area contributed by atoms with Gasteiger partial charge < -0.3 is 19.1 Å². The monoisotopic (exact) mass is 373 g/mol. The van der Waals surface area contributed by atoms with Gasteiger partial charge >= 0.3 is 18.0 Å². The predicted molar refractivity (Wildman–Crippen MR) is 98.8 cm³/mol. The van der Waals surface area contributed by atoms with Gasteiger partial charge in [-0.2, -0.15) is 0 Å². The second-order valence-electron chi connectivity index (χ2n) is 7.24. The number of rotatable bonds is 12. The van der Waals surface area contributed by atoms with Crippen LogP contribution in [0.25, 0.3) is 0 Å². The highest BCUT2D eigenvalue weighted by molar-refractivity contribution is 5.69. The molecule has 7 heteroatoms. The average Bonchev–Trinajstić information content (AvgIpc) is 2.57. The standard InChI is InChI=1S/C19H35NO6/c1-19(2,3)26-18(23)20(14-10-6-8-12-16(21)24-4)15-11-7-9-13-17(22)25-5/h6-15H2,1-5H3. The van der Waals surface area contributed by atoms with Crippen molar-refractivity contribution < 1.29 is 28.6 Å². The molecule has 0 bridgehead atoms. The van der Waals surface area contributed by atoms with Crippen molar-refractivity contribution in [2.45, 2.75) is 77.7 Å². The molecule has 0 saturated heterocycles. The van der Waals surface area contributed by atoms with E-state index in [2.05, 4.69) is 9.47 Å². The molecule has 0 atom stereocenters. The Morgan fingerprint density at radius 1 is 0.731 bits per heavy atom. The first-order chi connectivity index (χ1) is 12.2. The highest BCUT2D eigenvalue weighted by Crippen LogP contribution is 2.13. The smallest absolute Gasteiger partial charge is 0.410 e. The Morgan fingerprint density at radius 3 is 1.50 bits per heavy atom. The van der Waals surface area contributed by atoms with Crippen LogP contribution in [0.1, 0.15) is 72.1 Å². The first-order valence-electron chi connectivity index (χ1n) is 9.31. The molecule has 0 heterocycles. The molecule has 0 saturated carbocycles. The van der Waals surface area contributed by atoms with Crippen molar-refractivity contribution in [3.05, 3.63) is 0 Å². The van der Waals surface area contributed by atoms with Crippen molar-refractivity contribution in [3.8, 4) is 0 Å². The van der Waals surface area contributed by atoms with Crippen LogP contribution in [0.15, 0.2) is 0 Å². The normalized spacial score (nSPS) is 11.0. The van der Waals surface area contributed by atoms with Gasteiger partial charge in [0.1, 0.15) is 5.60 Å². The Balaban J connectivity index is 4.27. The molecule has 0 aromatic rings. The molecule has 152 valence electrons. The number of esters is 2. The quantitative estimate of drug-likeness (QED) is 0.295. The third-order valence-electron chi connectivity index (χ3n) is 3.72. The molecule has 0 unspecified atom stereocenters. The molecular formula is C19H35NO6. The van der Waals surface area contributed by atoms with E-state index in [4.69, 9.17) is 4.74 Å². The summed E-state index contributed by atoms with van der Waals surface area (Å²) in [6.45, 7) is 6.71. The zero-order valence-electron chi connectivity index (χ0n) is 17.0. The van der Waals surface area contributed by atoms with E-state index in [-0.39, 0.29) is 18.0 Å². The Bertz CT molecular complexity index is 404. The lowest BCUT2D eigenvalue weighted by atomic mass is 10.1. The van der Waals surface area contributed by atoms with E-state index in [1.54, 1.807) is 4.90 Å². The molecule has 0 N–H and O–H groups in total. The van der Waals surface area contributed by atoms with E-state index >= 15 is 0 Å². The van der Waals surface area contributed by atoms with Gasteiger partial charge in [-0.25, -0.2) is 4.79 Å². The van der Waals surface area contributed by atoms with Crippen molar-refractivity contribution in [1.82, 2.24) is 4.90 Å². The van der Waals surface area contributed by atoms with E-state index in [0.29, 0.717) is 25.9 Å². The Kier molecular flexibility index (Phi) is 12.5. The first kappa shape index (κ1) is 24.2. The summed E-state index contributed by atoms with van der Waals surface area (Å²) in [5.41, 5.74) is -0.537. The zero-order valence-corrected chi connectivity index (χ0v) is 17.0. The minimum absolute atomic E-state index is 0.209. The maximum atomic E-state index is 12.4. The van der Waals surface area contributed by atoms with Crippen molar-refractivity contribution in [3.63, 3.8) is 0 Å². The molecular weight excluding hydrogens is 338 g/mol. The fourth-order valence-electron chi connectivity index (χ4n) is 2.32. The molecule has 0 rings (SSSR count). The molecule has 26 heavy (non-hydrogen) atoms. The number of nitrogens with zero attached hydrogens (tertiary/aromatic N) is 1. The van der Waals surface area contributed by atoms with Gasteiger partial charge in [-0.15, -0.1) is 0 Å². The molecule has 7 nitrogen and oxygen atoms in total. The zero-order chi connectivity index (χ0) is 20.0. The predicted octanol–water partition coefficient (Wildman–Crippen LogP) is 3.69. The lowest BCUT2D eigenvalue weighted by Crippen LogP contribution is -2.38. The fraction of sp³-hybridized carbons (Fsp3) is 0.842. The van der Waals surface area contributed by atoms with Crippen LogP contribution in [-0.4, -0.2) is 55.8 Å². The van der Waals surface area contributed by atoms with Crippen LogP contribution in [0, 0.1) is 0 Å². The summed E-state index contributed by atoms with van der Waals surface area (Å²) in [6.07, 6.45) is 5.26. The number of methoxy groups -OCH3 is 2. The van der Waals surface area contributed by atoms with Crippen LogP contribution in [0.2, 0.25) is 0 Å². The summed E-state index contributed by atoms with van der Waals surface area (Å²) in [4.78, 5) is 36.3. The van der Waals surface area contributed by atoms with Gasteiger partial charge in [-0.1, -0.05) is 12.8 Å². The number of carbonyl (C=O) groups is 3. The molecule has 0 radical (unpaired) electrons. The first-order valence-corrected chi connectivity index (χ1v) is 9.31. The summed E-state index contributed by atoms with van der Waals surface area (Å²) < 4.78 is 14.7. The number of hydrogen-bond acceptors (Lipinski definition) is 6. The van der Waals surface area contributed by atoms with Gasteiger partial charge in [0, 0.05) is 25.9 Å². The minimum atomic E-state index is -0.537. The van der Waals surface area contributed by atoms with Crippen molar-refractivity contribution in [2.75, 3.05) is 27.3 Å². The van der Waals surface area contributed by atoms with Gasteiger partial charge in [0.15, 0.2) is 0 Å². The van der Waals surface area contributed by atoms with E-state index in [1.807, 2.05) is 20.8 Å².